The van der Waals surface area contributed by atoms with Gasteiger partial charge in [0.2, 0.25) is 10.0 Å². The summed E-state index contributed by atoms with van der Waals surface area (Å²) in [7, 11) is -2.34. The van der Waals surface area contributed by atoms with Crippen molar-refractivity contribution in [3.8, 4) is 0 Å². The zero-order valence-electron chi connectivity index (χ0n) is 10.9. The number of nitro benzene ring substituents is 1. The van der Waals surface area contributed by atoms with E-state index in [1.165, 1.54) is 11.4 Å². The quantitative estimate of drug-likeness (QED) is 0.494. The van der Waals surface area contributed by atoms with Gasteiger partial charge >= 0.3 is 0 Å². The Bertz CT molecular complexity index is 625. The minimum absolute atomic E-state index is 0.127. The van der Waals surface area contributed by atoms with Crippen LogP contribution >= 0.6 is 0 Å². The van der Waals surface area contributed by atoms with Crippen molar-refractivity contribution in [2.45, 2.75) is 17.4 Å². The van der Waals surface area contributed by atoms with Crippen molar-refractivity contribution in [2.24, 2.45) is 0 Å². The standard InChI is InChI=1S/C11H15N3O5S/c1-13(9-4-5-19-7-9)20(17,18)11-3-2-8(14(15)16)6-10(11)12/h2-3,6,9H,4-5,7,12H2,1H3. The first-order chi connectivity index (χ1) is 9.34. The molecule has 1 saturated heterocycles. The molecular weight excluding hydrogens is 286 g/mol. The van der Waals surface area contributed by atoms with Crippen LogP contribution in [0.2, 0.25) is 0 Å². The summed E-state index contributed by atoms with van der Waals surface area (Å²) in [6, 6.07) is 3.10. The van der Waals surface area contributed by atoms with Crippen molar-refractivity contribution >= 4 is 21.4 Å². The van der Waals surface area contributed by atoms with Gasteiger partial charge < -0.3 is 10.5 Å². The second-order valence-electron chi connectivity index (χ2n) is 4.52. The number of sulfonamides is 1. The van der Waals surface area contributed by atoms with Crippen molar-refractivity contribution in [1.82, 2.24) is 4.31 Å². The molecule has 0 bridgehead atoms. The van der Waals surface area contributed by atoms with E-state index < -0.39 is 14.9 Å². The van der Waals surface area contributed by atoms with E-state index in [-0.39, 0.29) is 22.3 Å². The summed E-state index contributed by atoms with van der Waals surface area (Å²) in [5.41, 5.74) is 5.26. The summed E-state index contributed by atoms with van der Waals surface area (Å²) in [6.07, 6.45) is 0.614. The average Bonchev–Trinajstić information content (AvgIpc) is 2.90. The molecule has 0 aliphatic carbocycles. The summed E-state index contributed by atoms with van der Waals surface area (Å²) < 4.78 is 31.3. The van der Waals surface area contributed by atoms with E-state index in [1.807, 2.05) is 0 Å². The van der Waals surface area contributed by atoms with Crippen LogP contribution in [0.15, 0.2) is 23.1 Å². The molecule has 20 heavy (non-hydrogen) atoms. The lowest BCUT2D eigenvalue weighted by molar-refractivity contribution is -0.384. The van der Waals surface area contributed by atoms with Gasteiger partial charge in [-0.15, -0.1) is 0 Å². The fraction of sp³-hybridized carbons (Fsp3) is 0.455. The van der Waals surface area contributed by atoms with Gasteiger partial charge in [-0.05, 0) is 12.5 Å². The molecule has 8 nitrogen and oxygen atoms in total. The number of ether oxygens (including phenoxy) is 1. The summed E-state index contributed by atoms with van der Waals surface area (Å²) in [5, 5.41) is 10.6. The van der Waals surface area contributed by atoms with Crippen molar-refractivity contribution in [1.29, 1.82) is 0 Å². The number of benzene rings is 1. The highest BCUT2D eigenvalue weighted by atomic mass is 32.2. The molecule has 1 aliphatic heterocycles. The van der Waals surface area contributed by atoms with Crippen LogP contribution in [0, 0.1) is 10.1 Å². The lowest BCUT2D eigenvalue weighted by atomic mass is 10.3. The lowest BCUT2D eigenvalue weighted by Crippen LogP contribution is -2.37. The maximum absolute atomic E-state index is 12.4. The first-order valence-electron chi connectivity index (χ1n) is 5.93. The Morgan fingerprint density at radius 1 is 1.50 bits per heavy atom. The first-order valence-corrected chi connectivity index (χ1v) is 7.37. The molecule has 110 valence electrons. The number of nitrogens with zero attached hydrogens (tertiary/aromatic N) is 2. The molecule has 0 spiro atoms. The molecule has 2 N–H and O–H groups in total. The normalized spacial score (nSPS) is 19.4. The van der Waals surface area contributed by atoms with E-state index in [9.17, 15) is 18.5 Å². The van der Waals surface area contributed by atoms with Crippen LogP contribution < -0.4 is 5.73 Å². The number of nitro groups is 1. The topological polar surface area (TPSA) is 116 Å². The third kappa shape index (κ3) is 2.60. The Morgan fingerprint density at radius 2 is 2.20 bits per heavy atom. The van der Waals surface area contributed by atoms with Gasteiger partial charge in [0.1, 0.15) is 4.90 Å². The molecule has 1 unspecified atom stereocenters. The Labute approximate surface area is 116 Å². The van der Waals surface area contributed by atoms with Gasteiger partial charge in [-0.2, -0.15) is 4.31 Å². The molecule has 1 fully saturated rings. The largest absolute Gasteiger partial charge is 0.397 e. The highest BCUT2D eigenvalue weighted by Gasteiger charge is 2.32. The van der Waals surface area contributed by atoms with Crippen LogP contribution in [-0.4, -0.2) is 43.9 Å². The third-order valence-electron chi connectivity index (χ3n) is 3.28. The molecule has 1 atom stereocenters. The number of nitrogen functional groups attached to an aromatic ring is 1. The third-order valence-corrected chi connectivity index (χ3v) is 5.27. The molecule has 0 radical (unpaired) electrons. The highest BCUT2D eigenvalue weighted by molar-refractivity contribution is 7.89. The smallest absolute Gasteiger partial charge is 0.271 e. The molecule has 1 aliphatic rings. The summed E-state index contributed by atoms with van der Waals surface area (Å²) >= 11 is 0. The highest BCUT2D eigenvalue weighted by Crippen LogP contribution is 2.28. The maximum Gasteiger partial charge on any atom is 0.271 e. The van der Waals surface area contributed by atoms with Crippen molar-refractivity contribution in [3.63, 3.8) is 0 Å². The van der Waals surface area contributed by atoms with Crippen LogP contribution in [0.4, 0.5) is 11.4 Å². The second-order valence-corrected chi connectivity index (χ2v) is 6.48. The summed E-state index contributed by atoms with van der Waals surface area (Å²) in [4.78, 5) is 9.88. The second kappa shape index (κ2) is 5.35. The Balaban J connectivity index is 2.36. The maximum atomic E-state index is 12.4. The summed E-state index contributed by atoms with van der Waals surface area (Å²) in [6.45, 7) is 0.850. The van der Waals surface area contributed by atoms with Crippen molar-refractivity contribution in [3.05, 3.63) is 28.3 Å². The fourth-order valence-electron chi connectivity index (χ4n) is 2.04. The number of anilines is 1. The summed E-state index contributed by atoms with van der Waals surface area (Å²) in [5.74, 6) is 0. The van der Waals surface area contributed by atoms with E-state index in [2.05, 4.69) is 0 Å². The number of nitrogens with two attached hydrogens (primary N) is 1. The van der Waals surface area contributed by atoms with E-state index in [0.717, 1.165) is 18.2 Å². The number of hydrogen-bond acceptors (Lipinski definition) is 6. The number of hydrogen-bond donors (Lipinski definition) is 1. The zero-order chi connectivity index (χ0) is 14.9. The van der Waals surface area contributed by atoms with Crippen molar-refractivity contribution < 1.29 is 18.1 Å². The van der Waals surface area contributed by atoms with Gasteiger partial charge in [0, 0.05) is 25.8 Å². The SMILES string of the molecule is CN(C1CCOC1)S(=O)(=O)c1ccc([N+](=O)[O-])cc1N. The van der Waals surface area contributed by atoms with E-state index in [0.29, 0.717) is 19.6 Å². The molecule has 1 heterocycles. The van der Waals surface area contributed by atoms with Gasteiger partial charge in [-0.3, -0.25) is 10.1 Å². The molecule has 2 rings (SSSR count). The molecule has 1 aromatic rings. The van der Waals surface area contributed by atoms with E-state index >= 15 is 0 Å². The monoisotopic (exact) mass is 301 g/mol. The fourth-order valence-corrected chi connectivity index (χ4v) is 3.51. The predicted octanol–water partition coefficient (Wildman–Crippen LogP) is 0.586. The van der Waals surface area contributed by atoms with Gasteiger partial charge in [-0.25, -0.2) is 8.42 Å². The van der Waals surface area contributed by atoms with Gasteiger partial charge in [0.25, 0.3) is 5.69 Å². The van der Waals surface area contributed by atoms with E-state index in [4.69, 9.17) is 10.5 Å². The Morgan fingerprint density at radius 3 is 2.70 bits per heavy atom. The molecule has 1 aromatic carbocycles. The molecule has 0 amide bonds. The van der Waals surface area contributed by atoms with E-state index in [1.54, 1.807) is 0 Å². The van der Waals surface area contributed by atoms with Crippen LogP contribution in [-0.2, 0) is 14.8 Å². The number of non-ortho nitro benzene ring substituents is 1. The first kappa shape index (κ1) is 14.7. The van der Waals surface area contributed by atoms with Crippen LogP contribution in [0.25, 0.3) is 0 Å². The molecule has 0 aromatic heterocycles. The van der Waals surface area contributed by atoms with Gasteiger partial charge in [-0.1, -0.05) is 0 Å². The zero-order valence-corrected chi connectivity index (χ0v) is 11.7. The average molecular weight is 301 g/mol. The number of likely N-dealkylation sites (N-methyl/N-ethyl adjacent to an activating group) is 1. The van der Waals surface area contributed by atoms with Crippen LogP contribution in [0.5, 0.6) is 0 Å². The molecule has 0 saturated carbocycles. The predicted molar refractivity (Wildman–Crippen MR) is 71.7 cm³/mol. The van der Waals surface area contributed by atoms with Gasteiger partial charge in [0.05, 0.1) is 23.3 Å². The Hall–Kier alpha value is -1.71. The van der Waals surface area contributed by atoms with Gasteiger partial charge in [0.15, 0.2) is 0 Å². The molecular formula is C11H15N3O5S. The van der Waals surface area contributed by atoms with Crippen LogP contribution in [0.3, 0.4) is 0 Å². The number of rotatable bonds is 4. The molecule has 9 heteroatoms. The lowest BCUT2D eigenvalue weighted by Gasteiger charge is -2.23. The van der Waals surface area contributed by atoms with Crippen LogP contribution in [0.1, 0.15) is 6.42 Å². The minimum atomic E-state index is -3.79. The van der Waals surface area contributed by atoms with Crippen molar-refractivity contribution in [2.75, 3.05) is 26.0 Å². The minimum Gasteiger partial charge on any atom is -0.397 e. The Kier molecular flexibility index (Phi) is 3.93.